The zero-order chi connectivity index (χ0) is 16.5. The predicted octanol–water partition coefficient (Wildman–Crippen LogP) is 5.45. The van der Waals surface area contributed by atoms with Gasteiger partial charge in [-0.2, -0.15) is 0 Å². The molecule has 1 N–H and O–H groups in total. The average molecular weight is 355 g/mol. The summed E-state index contributed by atoms with van der Waals surface area (Å²) >= 11 is 12.2. The standard InChI is InChI=1S/C18H12Cl2N4/c19-13-8-7-12(11-14(13)20)17-18(22-15-5-1-3-9-21-15)24-10-4-2-6-16(24)23-17/h1-11H,(H,21,22). The Morgan fingerprint density at radius 2 is 1.79 bits per heavy atom. The van der Waals surface area contributed by atoms with Gasteiger partial charge < -0.3 is 5.32 Å². The van der Waals surface area contributed by atoms with Crippen molar-refractivity contribution < 1.29 is 0 Å². The monoisotopic (exact) mass is 354 g/mol. The van der Waals surface area contributed by atoms with Gasteiger partial charge in [0, 0.05) is 18.0 Å². The largest absolute Gasteiger partial charge is 0.324 e. The maximum absolute atomic E-state index is 6.18. The Labute approximate surface area is 148 Å². The Morgan fingerprint density at radius 1 is 0.917 bits per heavy atom. The molecule has 6 heteroatoms. The number of nitrogens with zero attached hydrogens (tertiary/aromatic N) is 3. The highest BCUT2D eigenvalue weighted by Gasteiger charge is 2.15. The van der Waals surface area contributed by atoms with Gasteiger partial charge in [0.2, 0.25) is 0 Å². The van der Waals surface area contributed by atoms with Crippen molar-refractivity contribution in [2.75, 3.05) is 5.32 Å². The summed E-state index contributed by atoms with van der Waals surface area (Å²) in [5, 5.41) is 4.35. The summed E-state index contributed by atoms with van der Waals surface area (Å²) in [6.45, 7) is 0. The third kappa shape index (κ3) is 2.70. The fourth-order valence-corrected chi connectivity index (χ4v) is 2.82. The van der Waals surface area contributed by atoms with E-state index in [-0.39, 0.29) is 0 Å². The molecule has 0 bridgehead atoms. The van der Waals surface area contributed by atoms with Gasteiger partial charge in [0.1, 0.15) is 23.0 Å². The fourth-order valence-electron chi connectivity index (χ4n) is 2.52. The van der Waals surface area contributed by atoms with Crippen LogP contribution in [0.3, 0.4) is 0 Å². The Bertz CT molecular complexity index is 1010. The van der Waals surface area contributed by atoms with E-state index in [1.807, 2.05) is 59.1 Å². The number of imidazole rings is 1. The number of nitrogens with one attached hydrogen (secondary N) is 1. The maximum atomic E-state index is 6.18. The highest BCUT2D eigenvalue weighted by Crippen LogP contribution is 2.34. The van der Waals surface area contributed by atoms with E-state index in [0.717, 1.165) is 28.5 Å². The molecule has 0 aliphatic carbocycles. The minimum absolute atomic E-state index is 0.495. The van der Waals surface area contributed by atoms with Crippen LogP contribution in [0.5, 0.6) is 0 Å². The highest BCUT2D eigenvalue weighted by atomic mass is 35.5. The molecule has 0 saturated carbocycles. The van der Waals surface area contributed by atoms with Crippen LogP contribution in [-0.4, -0.2) is 14.4 Å². The molecule has 0 amide bonds. The maximum Gasteiger partial charge on any atom is 0.144 e. The molecule has 0 fully saturated rings. The molecule has 0 aliphatic heterocycles. The van der Waals surface area contributed by atoms with Crippen LogP contribution in [0.4, 0.5) is 11.6 Å². The lowest BCUT2D eigenvalue weighted by Gasteiger charge is -2.08. The van der Waals surface area contributed by atoms with E-state index in [2.05, 4.69) is 10.3 Å². The van der Waals surface area contributed by atoms with Gasteiger partial charge in [-0.05, 0) is 36.4 Å². The predicted molar refractivity (Wildman–Crippen MR) is 98.2 cm³/mol. The minimum atomic E-state index is 0.495. The first-order chi connectivity index (χ1) is 11.7. The highest BCUT2D eigenvalue weighted by molar-refractivity contribution is 6.42. The van der Waals surface area contributed by atoms with E-state index in [1.54, 1.807) is 12.3 Å². The van der Waals surface area contributed by atoms with E-state index >= 15 is 0 Å². The fraction of sp³-hybridized carbons (Fsp3) is 0. The lowest BCUT2D eigenvalue weighted by atomic mass is 10.1. The number of pyridine rings is 2. The summed E-state index contributed by atoms with van der Waals surface area (Å²) in [7, 11) is 0. The van der Waals surface area contributed by atoms with Crippen molar-refractivity contribution in [2.45, 2.75) is 0 Å². The quantitative estimate of drug-likeness (QED) is 0.532. The molecule has 0 radical (unpaired) electrons. The van der Waals surface area contributed by atoms with Gasteiger partial charge in [0.05, 0.1) is 10.0 Å². The summed E-state index contributed by atoms with van der Waals surface area (Å²) in [4.78, 5) is 9.05. The van der Waals surface area contributed by atoms with Crippen molar-refractivity contribution in [1.29, 1.82) is 0 Å². The molecule has 0 atom stereocenters. The van der Waals surface area contributed by atoms with E-state index in [1.165, 1.54) is 0 Å². The summed E-state index contributed by atoms with van der Waals surface area (Å²) in [5.41, 5.74) is 2.49. The van der Waals surface area contributed by atoms with Crippen LogP contribution >= 0.6 is 23.2 Å². The molecule has 4 nitrogen and oxygen atoms in total. The number of hydrogen-bond acceptors (Lipinski definition) is 3. The first kappa shape index (κ1) is 15.0. The molecule has 3 aromatic heterocycles. The van der Waals surface area contributed by atoms with Crippen LogP contribution in [0.2, 0.25) is 10.0 Å². The Morgan fingerprint density at radius 3 is 2.58 bits per heavy atom. The number of fused-ring (bicyclic) bond motifs is 1. The van der Waals surface area contributed by atoms with E-state index in [0.29, 0.717) is 10.0 Å². The van der Waals surface area contributed by atoms with Crippen LogP contribution in [0, 0.1) is 0 Å². The molecule has 24 heavy (non-hydrogen) atoms. The van der Waals surface area contributed by atoms with Crippen molar-refractivity contribution in [3.63, 3.8) is 0 Å². The van der Waals surface area contributed by atoms with Gasteiger partial charge in [-0.15, -0.1) is 0 Å². The zero-order valence-corrected chi connectivity index (χ0v) is 14.0. The van der Waals surface area contributed by atoms with Gasteiger partial charge in [-0.3, -0.25) is 4.40 Å². The first-order valence-corrected chi connectivity index (χ1v) is 8.08. The van der Waals surface area contributed by atoms with Crippen LogP contribution in [0.25, 0.3) is 16.9 Å². The third-order valence-corrected chi connectivity index (χ3v) is 4.37. The molecule has 0 saturated heterocycles. The number of hydrogen-bond donors (Lipinski definition) is 1. The molecular formula is C18H12Cl2N4. The van der Waals surface area contributed by atoms with Crippen LogP contribution in [0.15, 0.2) is 67.0 Å². The van der Waals surface area contributed by atoms with E-state index in [9.17, 15) is 0 Å². The second kappa shape index (κ2) is 6.15. The molecule has 4 aromatic rings. The summed E-state index contributed by atoms with van der Waals surface area (Å²) in [6.07, 6.45) is 3.69. The number of aromatic nitrogens is 3. The van der Waals surface area contributed by atoms with Crippen molar-refractivity contribution in [3.8, 4) is 11.3 Å². The average Bonchev–Trinajstić information content (AvgIpc) is 2.97. The van der Waals surface area contributed by atoms with Crippen molar-refractivity contribution >= 4 is 40.5 Å². The third-order valence-electron chi connectivity index (χ3n) is 3.63. The Balaban J connectivity index is 1.91. The van der Waals surface area contributed by atoms with E-state index in [4.69, 9.17) is 28.2 Å². The number of anilines is 2. The molecule has 118 valence electrons. The molecule has 4 rings (SSSR count). The molecule has 0 aliphatic rings. The first-order valence-electron chi connectivity index (χ1n) is 7.33. The smallest absolute Gasteiger partial charge is 0.144 e. The van der Waals surface area contributed by atoms with Crippen molar-refractivity contribution in [2.24, 2.45) is 0 Å². The Kier molecular flexibility index (Phi) is 3.84. The summed E-state index contributed by atoms with van der Waals surface area (Å²) in [5.74, 6) is 1.56. The van der Waals surface area contributed by atoms with Crippen LogP contribution in [-0.2, 0) is 0 Å². The van der Waals surface area contributed by atoms with Crippen molar-refractivity contribution in [1.82, 2.24) is 14.4 Å². The molecule has 1 aromatic carbocycles. The number of benzene rings is 1. The van der Waals surface area contributed by atoms with Gasteiger partial charge in [-0.1, -0.05) is 41.4 Å². The number of rotatable bonds is 3. The lowest BCUT2D eigenvalue weighted by molar-refractivity contribution is 1.17. The van der Waals surface area contributed by atoms with Gasteiger partial charge in [-0.25, -0.2) is 9.97 Å². The molecule has 0 spiro atoms. The van der Waals surface area contributed by atoms with Crippen LogP contribution < -0.4 is 5.32 Å². The van der Waals surface area contributed by atoms with Gasteiger partial charge in [0.15, 0.2) is 0 Å². The zero-order valence-electron chi connectivity index (χ0n) is 12.4. The SMILES string of the molecule is Clc1ccc(-c2nc3ccccn3c2Nc2ccccn2)cc1Cl. The summed E-state index contributed by atoms with van der Waals surface area (Å²) in [6, 6.07) is 17.0. The van der Waals surface area contributed by atoms with E-state index < -0.39 is 0 Å². The van der Waals surface area contributed by atoms with Crippen LogP contribution in [0.1, 0.15) is 0 Å². The minimum Gasteiger partial charge on any atom is -0.324 e. The second-order valence-electron chi connectivity index (χ2n) is 5.21. The number of halogens is 2. The topological polar surface area (TPSA) is 42.2 Å². The normalized spacial score (nSPS) is 10.9. The Hall–Kier alpha value is -2.56. The van der Waals surface area contributed by atoms with Gasteiger partial charge in [0.25, 0.3) is 0 Å². The second-order valence-corrected chi connectivity index (χ2v) is 6.02. The van der Waals surface area contributed by atoms with Crippen molar-refractivity contribution in [3.05, 3.63) is 77.0 Å². The summed E-state index contributed by atoms with van der Waals surface area (Å²) < 4.78 is 1.98. The lowest BCUT2D eigenvalue weighted by Crippen LogP contribution is -1.98. The molecule has 3 heterocycles. The molecule has 0 unspecified atom stereocenters. The van der Waals surface area contributed by atoms with Gasteiger partial charge >= 0.3 is 0 Å². The molecular weight excluding hydrogens is 343 g/mol.